The molecule has 7 heteroatoms. The summed E-state index contributed by atoms with van der Waals surface area (Å²) in [4.78, 5) is 5.33. The molecule has 1 N–H and O–H groups in total. The van der Waals surface area contributed by atoms with Gasteiger partial charge in [-0.25, -0.2) is 4.98 Å². The fraction of sp³-hybridized carbons (Fsp3) is 0.211. The van der Waals surface area contributed by atoms with Crippen LogP contribution in [0, 0.1) is 0 Å². The lowest BCUT2D eigenvalue weighted by atomic mass is 10.1. The molecule has 0 spiro atoms. The highest BCUT2D eigenvalue weighted by Crippen LogP contribution is 2.32. The average molecular weight is 471 g/mol. The molecule has 0 aliphatic heterocycles. The minimum absolute atomic E-state index is 0.0609. The number of benzene rings is 2. The van der Waals surface area contributed by atoms with Crippen LogP contribution in [0.25, 0.3) is 0 Å². The molecule has 26 heavy (non-hydrogen) atoms. The van der Waals surface area contributed by atoms with Gasteiger partial charge in [-0.05, 0) is 48.9 Å². The van der Waals surface area contributed by atoms with Crippen molar-refractivity contribution in [3.8, 4) is 0 Å². The summed E-state index contributed by atoms with van der Waals surface area (Å²) in [6, 6.07) is 14.0. The van der Waals surface area contributed by atoms with Gasteiger partial charge in [0.25, 0.3) is 0 Å². The summed E-state index contributed by atoms with van der Waals surface area (Å²) >= 11 is 17.8. The van der Waals surface area contributed by atoms with Gasteiger partial charge < -0.3 is 4.57 Å². The van der Waals surface area contributed by atoms with Crippen LogP contribution >= 0.6 is 50.9 Å². The molecular weight excluding hydrogens is 453 g/mol. The zero-order valence-corrected chi connectivity index (χ0v) is 18.0. The van der Waals surface area contributed by atoms with Gasteiger partial charge in [-0.2, -0.15) is 0 Å². The second-order valence-electron chi connectivity index (χ2n) is 5.84. The molecule has 0 radical (unpaired) electrons. The monoisotopic (exact) mass is 469 g/mol. The Morgan fingerprint density at radius 2 is 1.96 bits per heavy atom. The van der Waals surface area contributed by atoms with Gasteiger partial charge in [0.1, 0.15) is 0 Å². The van der Waals surface area contributed by atoms with Crippen molar-refractivity contribution in [2.45, 2.75) is 24.0 Å². The van der Waals surface area contributed by atoms with Crippen LogP contribution in [0.3, 0.4) is 0 Å². The molecule has 3 aromatic rings. The Bertz CT molecular complexity index is 841. The van der Waals surface area contributed by atoms with Crippen molar-refractivity contribution in [3.05, 3.63) is 81.3 Å². The molecule has 0 saturated carbocycles. The van der Waals surface area contributed by atoms with Crippen molar-refractivity contribution in [1.82, 2.24) is 14.9 Å². The average Bonchev–Trinajstić information content (AvgIpc) is 3.15. The predicted octanol–water partition coefficient (Wildman–Crippen LogP) is 6.59. The summed E-state index contributed by atoms with van der Waals surface area (Å²) < 4.78 is 3.10. The number of nitrogens with zero attached hydrogens (tertiary/aromatic N) is 2. The minimum Gasteiger partial charge on any atom is -0.322 e. The van der Waals surface area contributed by atoms with Gasteiger partial charge in [-0.3, -0.25) is 5.32 Å². The van der Waals surface area contributed by atoms with E-state index in [9.17, 15) is 0 Å². The van der Waals surface area contributed by atoms with Crippen LogP contribution in [0.15, 0.2) is 70.6 Å². The smallest absolute Gasteiger partial charge is 0.0959 e. The fourth-order valence-corrected chi connectivity index (χ4v) is 4.37. The molecule has 2 unspecified atom stereocenters. The summed E-state index contributed by atoms with van der Waals surface area (Å²) in [5.41, 5.74) is 1.03. The number of imidazole rings is 1. The van der Waals surface area contributed by atoms with Crippen molar-refractivity contribution in [3.63, 3.8) is 0 Å². The van der Waals surface area contributed by atoms with Crippen molar-refractivity contribution in [1.29, 1.82) is 0 Å². The minimum atomic E-state index is 0.0609. The summed E-state index contributed by atoms with van der Waals surface area (Å²) in [6.45, 7) is 2.10. The number of hydrogen-bond donors (Lipinski definition) is 1. The number of rotatable bonds is 7. The van der Waals surface area contributed by atoms with E-state index in [1.807, 2.05) is 35.0 Å². The third kappa shape index (κ3) is 5.27. The van der Waals surface area contributed by atoms with Crippen LogP contribution in [0.4, 0.5) is 0 Å². The lowest BCUT2D eigenvalue weighted by Crippen LogP contribution is -2.29. The van der Waals surface area contributed by atoms with Crippen LogP contribution in [-0.4, -0.2) is 15.3 Å². The van der Waals surface area contributed by atoms with Crippen molar-refractivity contribution in [2.24, 2.45) is 0 Å². The maximum absolute atomic E-state index is 6.48. The Morgan fingerprint density at radius 3 is 2.62 bits per heavy atom. The molecule has 3 rings (SSSR count). The van der Waals surface area contributed by atoms with E-state index in [-0.39, 0.29) is 12.2 Å². The molecule has 0 saturated heterocycles. The molecule has 2 atom stereocenters. The lowest BCUT2D eigenvalue weighted by molar-refractivity contribution is 0.394. The largest absolute Gasteiger partial charge is 0.322 e. The highest BCUT2D eigenvalue weighted by atomic mass is 79.9. The van der Waals surface area contributed by atoms with E-state index in [1.165, 1.54) is 4.90 Å². The first-order valence-corrected chi connectivity index (χ1v) is 10.6. The van der Waals surface area contributed by atoms with Gasteiger partial charge in [0.05, 0.1) is 12.5 Å². The SMILES string of the molecule is CC(NC(CSc1ccc(Br)cc1)c1ccc(Cl)cc1Cl)n1ccnc1. The molecule has 1 heterocycles. The molecule has 0 aliphatic rings. The quantitative estimate of drug-likeness (QED) is 0.394. The Morgan fingerprint density at radius 1 is 1.19 bits per heavy atom. The summed E-state index contributed by atoms with van der Waals surface area (Å²) in [5.74, 6) is 0.835. The summed E-state index contributed by atoms with van der Waals surface area (Å²) in [5, 5.41) is 4.95. The molecule has 0 amide bonds. The summed E-state index contributed by atoms with van der Waals surface area (Å²) in [7, 11) is 0. The van der Waals surface area contributed by atoms with Gasteiger partial charge >= 0.3 is 0 Å². The standard InChI is InChI=1S/C19H18BrCl2N3S/c1-13(25-9-8-23-12-25)24-19(17-7-4-15(21)10-18(17)22)11-26-16-5-2-14(20)3-6-16/h2-10,12-13,19,24H,11H2,1H3. The fourth-order valence-electron chi connectivity index (χ4n) is 2.60. The topological polar surface area (TPSA) is 29.9 Å². The first-order valence-electron chi connectivity index (χ1n) is 8.10. The lowest BCUT2D eigenvalue weighted by Gasteiger charge is -2.25. The van der Waals surface area contributed by atoms with Crippen molar-refractivity contribution < 1.29 is 0 Å². The first kappa shape index (κ1) is 19.8. The predicted molar refractivity (Wildman–Crippen MR) is 114 cm³/mol. The molecule has 0 aliphatic carbocycles. The Kier molecular flexibility index (Phi) is 7.06. The molecule has 136 valence electrons. The van der Waals surface area contributed by atoms with E-state index in [4.69, 9.17) is 23.2 Å². The number of aromatic nitrogens is 2. The maximum Gasteiger partial charge on any atom is 0.0959 e. The highest BCUT2D eigenvalue weighted by Gasteiger charge is 2.18. The van der Waals surface area contributed by atoms with Gasteiger partial charge in [0, 0.05) is 43.6 Å². The molecule has 2 aromatic carbocycles. The van der Waals surface area contributed by atoms with Crippen LogP contribution in [0.1, 0.15) is 24.7 Å². The molecular formula is C19H18BrCl2N3S. The molecule has 0 bridgehead atoms. The first-order chi connectivity index (χ1) is 12.5. The van der Waals surface area contributed by atoms with Crippen LogP contribution in [0.2, 0.25) is 10.0 Å². The van der Waals surface area contributed by atoms with Crippen molar-refractivity contribution >= 4 is 50.9 Å². The molecule has 1 aromatic heterocycles. The second kappa shape index (κ2) is 9.29. The van der Waals surface area contributed by atoms with Crippen molar-refractivity contribution in [2.75, 3.05) is 5.75 Å². The summed E-state index contributed by atoms with van der Waals surface area (Å²) in [6.07, 6.45) is 5.61. The van der Waals surface area contributed by atoms with E-state index in [0.717, 1.165) is 15.8 Å². The van der Waals surface area contributed by atoms with Crippen LogP contribution in [0.5, 0.6) is 0 Å². The third-order valence-corrected chi connectivity index (χ3v) is 6.18. The van der Waals surface area contributed by atoms with Crippen LogP contribution in [-0.2, 0) is 0 Å². The molecule has 0 fully saturated rings. The number of halogens is 3. The zero-order valence-electron chi connectivity index (χ0n) is 14.1. The highest BCUT2D eigenvalue weighted by molar-refractivity contribution is 9.10. The second-order valence-corrected chi connectivity index (χ2v) is 8.69. The zero-order chi connectivity index (χ0) is 18.5. The van der Waals surface area contributed by atoms with Crippen LogP contribution < -0.4 is 5.32 Å². The number of nitrogens with one attached hydrogen (secondary N) is 1. The van der Waals surface area contributed by atoms with E-state index < -0.39 is 0 Å². The normalized spacial score (nSPS) is 13.5. The van der Waals surface area contributed by atoms with E-state index >= 15 is 0 Å². The third-order valence-electron chi connectivity index (χ3n) is 3.98. The number of thioether (sulfide) groups is 1. The van der Waals surface area contributed by atoms with E-state index in [2.05, 4.69) is 45.3 Å². The van der Waals surface area contributed by atoms with E-state index in [0.29, 0.717) is 10.0 Å². The Hall–Kier alpha value is -0.980. The van der Waals surface area contributed by atoms with E-state index in [1.54, 1.807) is 30.4 Å². The van der Waals surface area contributed by atoms with Gasteiger partial charge in [0.15, 0.2) is 0 Å². The Labute approximate surface area is 176 Å². The van der Waals surface area contributed by atoms with Gasteiger partial charge in [-0.15, -0.1) is 11.8 Å². The number of hydrogen-bond acceptors (Lipinski definition) is 3. The molecule has 3 nitrogen and oxygen atoms in total. The van der Waals surface area contributed by atoms with Gasteiger partial charge in [0.2, 0.25) is 0 Å². The van der Waals surface area contributed by atoms with Gasteiger partial charge in [-0.1, -0.05) is 45.2 Å². The maximum atomic E-state index is 6.48. The Balaban J connectivity index is 1.79.